The second kappa shape index (κ2) is 5.13. The highest BCUT2D eigenvalue weighted by atomic mass is 16.2. The number of hydrogen-bond acceptors (Lipinski definition) is 2. The molecule has 1 atom stereocenters. The van der Waals surface area contributed by atoms with Gasteiger partial charge in [-0.15, -0.1) is 0 Å². The number of rotatable bonds is 3. The first-order valence-corrected chi connectivity index (χ1v) is 8.36. The smallest absolute Gasteiger partial charge is 0.229 e. The van der Waals surface area contributed by atoms with Crippen LogP contribution in [0.5, 0.6) is 0 Å². The van der Waals surface area contributed by atoms with Gasteiger partial charge >= 0.3 is 0 Å². The maximum absolute atomic E-state index is 12.3. The Morgan fingerprint density at radius 2 is 1.86 bits per heavy atom. The average molecular weight is 284 g/mol. The summed E-state index contributed by atoms with van der Waals surface area (Å²) in [5.41, 5.74) is 1.14. The van der Waals surface area contributed by atoms with Crippen LogP contribution in [0.25, 0.3) is 0 Å². The molecule has 1 amide bonds. The third-order valence-corrected chi connectivity index (χ3v) is 5.90. The lowest BCUT2D eigenvalue weighted by Gasteiger charge is -2.53. The van der Waals surface area contributed by atoms with E-state index in [2.05, 4.69) is 34.5 Å². The van der Waals surface area contributed by atoms with E-state index in [1.54, 1.807) is 0 Å². The Kier molecular flexibility index (Phi) is 3.26. The Balaban J connectivity index is 1.43. The third-order valence-electron chi connectivity index (χ3n) is 5.90. The highest BCUT2D eigenvalue weighted by Gasteiger charge is 2.56. The zero-order valence-corrected chi connectivity index (χ0v) is 12.6. The normalized spacial score (nSPS) is 28.8. The van der Waals surface area contributed by atoms with Crippen molar-refractivity contribution in [1.29, 1.82) is 0 Å². The second-order valence-corrected chi connectivity index (χ2v) is 7.07. The molecule has 3 aliphatic rings. The minimum Gasteiger partial charge on any atom is -0.348 e. The Bertz CT molecular complexity index is 515. The molecular weight excluding hydrogens is 260 g/mol. The van der Waals surface area contributed by atoms with E-state index in [0.29, 0.717) is 0 Å². The molecule has 2 heterocycles. The van der Waals surface area contributed by atoms with Gasteiger partial charge in [0.05, 0.1) is 11.5 Å². The van der Waals surface area contributed by atoms with Crippen LogP contribution in [0, 0.1) is 11.3 Å². The molecule has 1 aromatic rings. The summed E-state index contributed by atoms with van der Waals surface area (Å²) in [6, 6.07) is 10.7. The van der Waals surface area contributed by atoms with Crippen LogP contribution in [-0.2, 0) is 4.79 Å². The lowest BCUT2D eigenvalue weighted by molar-refractivity contribution is -0.151. The van der Waals surface area contributed by atoms with Gasteiger partial charge in [0.2, 0.25) is 5.91 Å². The first-order chi connectivity index (χ1) is 10.3. The molecule has 2 aliphatic heterocycles. The van der Waals surface area contributed by atoms with E-state index >= 15 is 0 Å². The number of piperidine rings is 1. The maximum Gasteiger partial charge on any atom is 0.229 e. The largest absolute Gasteiger partial charge is 0.348 e. The van der Waals surface area contributed by atoms with Crippen LogP contribution in [0.3, 0.4) is 0 Å². The van der Waals surface area contributed by atoms with E-state index in [4.69, 9.17) is 0 Å². The molecule has 2 saturated heterocycles. The van der Waals surface area contributed by atoms with E-state index in [0.717, 1.165) is 31.8 Å². The van der Waals surface area contributed by atoms with Gasteiger partial charge in [-0.2, -0.15) is 0 Å². The molecule has 1 spiro atoms. The first kappa shape index (κ1) is 13.3. The number of carbonyl (C=O) groups is 1. The zero-order valence-electron chi connectivity index (χ0n) is 12.6. The Labute approximate surface area is 126 Å². The topological polar surface area (TPSA) is 32.3 Å². The van der Waals surface area contributed by atoms with Crippen molar-refractivity contribution in [3.63, 3.8) is 0 Å². The van der Waals surface area contributed by atoms with Crippen molar-refractivity contribution in [2.24, 2.45) is 11.3 Å². The van der Waals surface area contributed by atoms with Gasteiger partial charge in [0.15, 0.2) is 0 Å². The van der Waals surface area contributed by atoms with E-state index < -0.39 is 0 Å². The fourth-order valence-corrected chi connectivity index (χ4v) is 4.21. The van der Waals surface area contributed by atoms with Gasteiger partial charge in [-0.3, -0.25) is 4.79 Å². The molecule has 3 nitrogen and oxygen atoms in total. The number of hydrogen-bond donors (Lipinski definition) is 1. The summed E-state index contributed by atoms with van der Waals surface area (Å²) in [6.07, 6.45) is 6.28. The van der Waals surface area contributed by atoms with Gasteiger partial charge in [-0.25, -0.2) is 0 Å². The minimum atomic E-state index is -0.128. The second-order valence-electron chi connectivity index (χ2n) is 7.07. The van der Waals surface area contributed by atoms with Gasteiger partial charge in [-0.05, 0) is 50.3 Å². The van der Waals surface area contributed by atoms with Crippen molar-refractivity contribution in [2.45, 2.75) is 38.1 Å². The van der Waals surface area contributed by atoms with E-state index in [1.807, 2.05) is 6.07 Å². The van der Waals surface area contributed by atoms with Gasteiger partial charge in [0.25, 0.3) is 0 Å². The zero-order chi connectivity index (χ0) is 14.3. The summed E-state index contributed by atoms with van der Waals surface area (Å²) in [7, 11) is 0. The average Bonchev–Trinajstić information content (AvgIpc) is 2.50. The van der Waals surface area contributed by atoms with Gasteiger partial charge in [0, 0.05) is 6.54 Å². The van der Waals surface area contributed by atoms with E-state index in [1.165, 1.54) is 31.4 Å². The summed E-state index contributed by atoms with van der Waals surface area (Å²) in [6.45, 7) is 3.44. The Morgan fingerprint density at radius 1 is 1.14 bits per heavy atom. The molecule has 1 aromatic carbocycles. The van der Waals surface area contributed by atoms with Crippen molar-refractivity contribution >= 4 is 5.91 Å². The molecule has 21 heavy (non-hydrogen) atoms. The van der Waals surface area contributed by atoms with Gasteiger partial charge in [0.1, 0.15) is 0 Å². The maximum atomic E-state index is 12.3. The lowest BCUT2D eigenvalue weighted by atomic mass is 9.64. The molecule has 112 valence electrons. The molecule has 3 heteroatoms. The first-order valence-electron chi connectivity index (χ1n) is 8.36. The van der Waals surface area contributed by atoms with Crippen molar-refractivity contribution in [3.8, 4) is 0 Å². The Morgan fingerprint density at radius 3 is 2.43 bits per heavy atom. The molecule has 0 bridgehead atoms. The summed E-state index contributed by atoms with van der Waals surface area (Å²) in [4.78, 5) is 14.8. The molecule has 1 aliphatic carbocycles. The van der Waals surface area contributed by atoms with Crippen LogP contribution < -0.4 is 5.32 Å². The fraction of sp³-hybridized carbons (Fsp3) is 0.611. The predicted octanol–water partition coefficient (Wildman–Crippen LogP) is 2.74. The van der Waals surface area contributed by atoms with Crippen LogP contribution in [0.2, 0.25) is 0 Å². The van der Waals surface area contributed by atoms with Crippen LogP contribution in [0.4, 0.5) is 0 Å². The Hall–Kier alpha value is -1.35. The minimum absolute atomic E-state index is 0.128. The third kappa shape index (κ3) is 2.18. The molecular formula is C18H24N2O. The standard InChI is InChI=1S/C18H24N2O/c21-17-18(16(19-17)15-7-2-1-3-8-15)9-11-20(12-10-18)13-14-5-4-6-14/h1-3,7-8,14,16H,4-6,9-13H2,(H,19,21)/t16-/m0/s1. The number of likely N-dealkylation sites (tertiary alicyclic amines) is 1. The van der Waals surface area contributed by atoms with Crippen molar-refractivity contribution in [1.82, 2.24) is 10.2 Å². The summed E-state index contributed by atoms with van der Waals surface area (Å²) in [5.74, 6) is 1.21. The van der Waals surface area contributed by atoms with Gasteiger partial charge in [-0.1, -0.05) is 36.8 Å². The lowest BCUT2D eigenvalue weighted by Crippen LogP contribution is -2.64. The molecule has 0 aromatic heterocycles. The molecule has 1 N–H and O–H groups in total. The number of nitrogens with zero attached hydrogens (tertiary/aromatic N) is 1. The number of amides is 1. The number of benzene rings is 1. The number of carbonyl (C=O) groups excluding carboxylic acids is 1. The highest BCUT2D eigenvalue weighted by molar-refractivity contribution is 5.90. The van der Waals surface area contributed by atoms with Crippen molar-refractivity contribution in [3.05, 3.63) is 35.9 Å². The van der Waals surface area contributed by atoms with Crippen LogP contribution in [0.15, 0.2) is 30.3 Å². The van der Waals surface area contributed by atoms with E-state index in [-0.39, 0.29) is 17.4 Å². The summed E-state index contributed by atoms with van der Waals surface area (Å²) < 4.78 is 0. The fourth-order valence-electron chi connectivity index (χ4n) is 4.21. The number of β-lactam (4-membered cyclic amide) rings is 1. The highest BCUT2D eigenvalue weighted by Crippen LogP contribution is 2.49. The summed E-state index contributed by atoms with van der Waals surface area (Å²) in [5, 5.41) is 3.14. The molecule has 0 radical (unpaired) electrons. The van der Waals surface area contributed by atoms with Crippen LogP contribution >= 0.6 is 0 Å². The van der Waals surface area contributed by atoms with E-state index in [9.17, 15) is 4.79 Å². The number of nitrogens with one attached hydrogen (secondary N) is 1. The molecule has 4 rings (SSSR count). The monoisotopic (exact) mass is 284 g/mol. The quantitative estimate of drug-likeness (QED) is 0.866. The van der Waals surface area contributed by atoms with Crippen molar-refractivity contribution < 1.29 is 4.79 Å². The SMILES string of the molecule is O=C1N[C@@H](c2ccccc2)C12CCN(CC1CCC1)CC2. The summed E-state index contributed by atoms with van der Waals surface area (Å²) >= 11 is 0. The molecule has 0 unspecified atom stereocenters. The van der Waals surface area contributed by atoms with Crippen molar-refractivity contribution in [2.75, 3.05) is 19.6 Å². The molecule has 1 saturated carbocycles. The van der Waals surface area contributed by atoms with Crippen LogP contribution in [0.1, 0.15) is 43.7 Å². The van der Waals surface area contributed by atoms with Gasteiger partial charge < -0.3 is 10.2 Å². The molecule has 3 fully saturated rings. The predicted molar refractivity (Wildman–Crippen MR) is 82.8 cm³/mol. The van der Waals surface area contributed by atoms with Crippen LogP contribution in [-0.4, -0.2) is 30.4 Å².